The lowest BCUT2D eigenvalue weighted by Gasteiger charge is -2.35. The van der Waals surface area contributed by atoms with Gasteiger partial charge in [-0.25, -0.2) is 4.79 Å². The summed E-state index contributed by atoms with van der Waals surface area (Å²) in [6.07, 6.45) is 2.45. The van der Waals surface area contributed by atoms with Gasteiger partial charge in [-0.1, -0.05) is 13.0 Å². The number of amides is 3. The average Bonchev–Trinajstić information content (AvgIpc) is 2.61. The quantitative estimate of drug-likeness (QED) is 0.767. The van der Waals surface area contributed by atoms with Crippen molar-refractivity contribution in [3.8, 4) is 0 Å². The molecule has 0 spiro atoms. The molecule has 1 aromatic rings. The minimum absolute atomic E-state index is 0.158. The lowest BCUT2D eigenvalue weighted by atomic mass is 9.98. The number of piperidine rings is 1. The Kier molecular flexibility index (Phi) is 6.82. The normalized spacial score (nSPS) is 17.0. The SMILES string of the molecule is CNC(=O)c1cccc(NC(=O)NC[C@H](C)N2CCC(C)CC2)c1C. The zero-order valence-corrected chi connectivity index (χ0v) is 15.7. The predicted octanol–water partition coefficient (Wildman–Crippen LogP) is 2.60. The first-order valence-corrected chi connectivity index (χ1v) is 9.03. The van der Waals surface area contributed by atoms with Gasteiger partial charge in [0, 0.05) is 30.9 Å². The molecular formula is C19H30N4O2. The molecule has 3 amide bonds. The molecule has 1 heterocycles. The fourth-order valence-corrected chi connectivity index (χ4v) is 3.16. The first kappa shape index (κ1) is 19.2. The van der Waals surface area contributed by atoms with Gasteiger partial charge in [-0.15, -0.1) is 0 Å². The maximum Gasteiger partial charge on any atom is 0.319 e. The number of nitrogens with one attached hydrogen (secondary N) is 3. The molecule has 6 nitrogen and oxygen atoms in total. The molecule has 0 unspecified atom stereocenters. The average molecular weight is 346 g/mol. The summed E-state index contributed by atoms with van der Waals surface area (Å²) in [4.78, 5) is 26.5. The van der Waals surface area contributed by atoms with Crippen molar-refractivity contribution in [2.75, 3.05) is 32.0 Å². The van der Waals surface area contributed by atoms with Crippen molar-refractivity contribution in [2.45, 2.75) is 39.7 Å². The van der Waals surface area contributed by atoms with Gasteiger partial charge < -0.3 is 16.0 Å². The lowest BCUT2D eigenvalue weighted by Crippen LogP contribution is -2.46. The van der Waals surface area contributed by atoms with Crippen LogP contribution in [-0.4, -0.2) is 49.6 Å². The van der Waals surface area contributed by atoms with Gasteiger partial charge in [0.25, 0.3) is 5.91 Å². The van der Waals surface area contributed by atoms with E-state index in [9.17, 15) is 9.59 Å². The third kappa shape index (κ3) is 5.19. The van der Waals surface area contributed by atoms with Crippen molar-refractivity contribution < 1.29 is 9.59 Å². The second-order valence-corrected chi connectivity index (χ2v) is 6.96. The standard InChI is InChI=1S/C19H30N4O2/c1-13-8-10-23(11-9-13)14(2)12-21-19(25)22-17-7-5-6-16(15(17)3)18(24)20-4/h5-7,13-14H,8-12H2,1-4H3,(H,20,24)(H2,21,22,25)/t14-/m0/s1. The van der Waals surface area contributed by atoms with Gasteiger partial charge in [0.05, 0.1) is 0 Å². The molecule has 0 aliphatic carbocycles. The van der Waals surface area contributed by atoms with Crippen LogP contribution in [0.4, 0.5) is 10.5 Å². The van der Waals surface area contributed by atoms with Crippen LogP contribution in [0.15, 0.2) is 18.2 Å². The molecule has 6 heteroatoms. The molecule has 2 rings (SSSR count). The van der Waals surface area contributed by atoms with Gasteiger partial charge in [0.1, 0.15) is 0 Å². The van der Waals surface area contributed by atoms with Crippen LogP contribution in [0.25, 0.3) is 0 Å². The van der Waals surface area contributed by atoms with Crippen molar-refractivity contribution >= 4 is 17.6 Å². The number of carbonyl (C=O) groups excluding carboxylic acids is 2. The molecule has 0 saturated carbocycles. The van der Waals surface area contributed by atoms with Crippen molar-refractivity contribution in [1.82, 2.24) is 15.5 Å². The second-order valence-electron chi connectivity index (χ2n) is 6.96. The maximum atomic E-state index is 12.2. The summed E-state index contributed by atoms with van der Waals surface area (Å²) in [6, 6.07) is 5.39. The first-order chi connectivity index (χ1) is 11.9. The summed E-state index contributed by atoms with van der Waals surface area (Å²) >= 11 is 0. The van der Waals surface area contributed by atoms with Gasteiger partial charge in [0.2, 0.25) is 0 Å². The highest BCUT2D eigenvalue weighted by Gasteiger charge is 2.20. The van der Waals surface area contributed by atoms with Crippen LogP contribution in [0.2, 0.25) is 0 Å². The van der Waals surface area contributed by atoms with Gasteiger partial charge >= 0.3 is 6.03 Å². The van der Waals surface area contributed by atoms with Crippen molar-refractivity contribution in [3.63, 3.8) is 0 Å². The minimum Gasteiger partial charge on any atom is -0.355 e. The Morgan fingerprint density at radius 2 is 1.96 bits per heavy atom. The van der Waals surface area contributed by atoms with E-state index in [2.05, 4.69) is 34.7 Å². The highest BCUT2D eigenvalue weighted by molar-refractivity contribution is 5.98. The first-order valence-electron chi connectivity index (χ1n) is 9.03. The second kappa shape index (κ2) is 8.85. The van der Waals surface area contributed by atoms with E-state index in [4.69, 9.17) is 0 Å². The number of carbonyl (C=O) groups is 2. The van der Waals surface area contributed by atoms with Crippen LogP contribution >= 0.6 is 0 Å². The summed E-state index contributed by atoms with van der Waals surface area (Å²) in [7, 11) is 1.59. The number of anilines is 1. The predicted molar refractivity (Wildman–Crippen MR) is 101 cm³/mol. The third-order valence-electron chi connectivity index (χ3n) is 5.05. The highest BCUT2D eigenvalue weighted by atomic mass is 16.2. The molecular weight excluding hydrogens is 316 g/mol. The molecule has 3 N–H and O–H groups in total. The molecule has 1 aliphatic heterocycles. The highest BCUT2D eigenvalue weighted by Crippen LogP contribution is 2.19. The Balaban J connectivity index is 1.87. The molecule has 1 atom stereocenters. The van der Waals surface area contributed by atoms with Crippen LogP contribution in [0.5, 0.6) is 0 Å². The Morgan fingerprint density at radius 1 is 1.28 bits per heavy atom. The van der Waals surface area contributed by atoms with Gasteiger partial charge in [-0.05, 0) is 63.4 Å². The molecule has 1 aromatic carbocycles. The van der Waals surface area contributed by atoms with E-state index in [1.165, 1.54) is 12.8 Å². The number of hydrogen-bond acceptors (Lipinski definition) is 3. The fraction of sp³-hybridized carbons (Fsp3) is 0.579. The van der Waals surface area contributed by atoms with E-state index in [1.807, 2.05) is 6.92 Å². The molecule has 25 heavy (non-hydrogen) atoms. The Morgan fingerprint density at radius 3 is 2.60 bits per heavy atom. The molecule has 138 valence electrons. The number of hydrogen-bond donors (Lipinski definition) is 3. The zero-order valence-electron chi connectivity index (χ0n) is 15.7. The largest absolute Gasteiger partial charge is 0.355 e. The summed E-state index contributed by atoms with van der Waals surface area (Å²) < 4.78 is 0. The van der Waals surface area contributed by atoms with Crippen molar-refractivity contribution in [3.05, 3.63) is 29.3 Å². The molecule has 1 aliphatic rings. The molecule has 0 aromatic heterocycles. The fourth-order valence-electron chi connectivity index (χ4n) is 3.16. The van der Waals surface area contributed by atoms with Crippen molar-refractivity contribution in [1.29, 1.82) is 0 Å². The molecule has 0 bridgehead atoms. The molecule has 1 fully saturated rings. The topological polar surface area (TPSA) is 73.5 Å². The number of rotatable bonds is 5. The number of benzene rings is 1. The lowest BCUT2D eigenvalue weighted by molar-refractivity contribution is 0.0962. The van der Waals surface area contributed by atoms with E-state index in [0.29, 0.717) is 23.8 Å². The monoisotopic (exact) mass is 346 g/mol. The Hall–Kier alpha value is -2.08. The van der Waals surface area contributed by atoms with E-state index >= 15 is 0 Å². The Bertz CT molecular complexity index is 609. The van der Waals surface area contributed by atoms with Crippen LogP contribution < -0.4 is 16.0 Å². The van der Waals surface area contributed by atoms with Crippen molar-refractivity contribution in [2.24, 2.45) is 5.92 Å². The van der Waals surface area contributed by atoms with Crippen LogP contribution in [0.3, 0.4) is 0 Å². The summed E-state index contributed by atoms with van der Waals surface area (Å²) in [6.45, 7) is 9.07. The maximum absolute atomic E-state index is 12.2. The minimum atomic E-state index is -0.241. The number of nitrogens with zero attached hydrogens (tertiary/aromatic N) is 1. The van der Waals surface area contributed by atoms with Gasteiger partial charge in [-0.3, -0.25) is 9.69 Å². The third-order valence-corrected chi connectivity index (χ3v) is 5.05. The van der Waals surface area contributed by atoms with Gasteiger partial charge in [0.15, 0.2) is 0 Å². The summed E-state index contributed by atoms with van der Waals surface area (Å²) in [5.74, 6) is 0.643. The van der Waals surface area contributed by atoms with E-state index in [-0.39, 0.29) is 11.9 Å². The number of likely N-dealkylation sites (tertiary alicyclic amines) is 1. The van der Waals surface area contributed by atoms with E-state index < -0.39 is 0 Å². The smallest absolute Gasteiger partial charge is 0.319 e. The summed E-state index contributed by atoms with van der Waals surface area (Å²) in [5.41, 5.74) is 1.98. The Labute approximate surface area is 150 Å². The summed E-state index contributed by atoms with van der Waals surface area (Å²) in [5, 5.41) is 8.39. The molecule has 0 radical (unpaired) electrons. The van der Waals surface area contributed by atoms with E-state index in [0.717, 1.165) is 24.6 Å². The van der Waals surface area contributed by atoms with Crippen LogP contribution in [0, 0.1) is 12.8 Å². The zero-order chi connectivity index (χ0) is 18.4. The van der Waals surface area contributed by atoms with Crippen LogP contribution in [0.1, 0.15) is 42.6 Å². The van der Waals surface area contributed by atoms with E-state index in [1.54, 1.807) is 25.2 Å². The van der Waals surface area contributed by atoms with Gasteiger partial charge in [-0.2, -0.15) is 0 Å². The van der Waals surface area contributed by atoms with Crippen LogP contribution in [-0.2, 0) is 0 Å². The number of urea groups is 1. The molecule has 1 saturated heterocycles.